The minimum atomic E-state index is -5.22. The van der Waals surface area contributed by atoms with Gasteiger partial charge in [-0.05, 0) is 129 Å². The third-order valence-electron chi connectivity index (χ3n) is 11.3. The molecule has 13 nitrogen and oxygen atoms in total. The van der Waals surface area contributed by atoms with Crippen molar-refractivity contribution in [3.63, 3.8) is 0 Å². The molecule has 0 aliphatic heterocycles. The number of sulfonamides is 1. The van der Waals surface area contributed by atoms with Gasteiger partial charge in [-0.2, -0.15) is 0 Å². The van der Waals surface area contributed by atoms with Gasteiger partial charge < -0.3 is 23.3 Å². The van der Waals surface area contributed by atoms with E-state index in [1.54, 1.807) is 22.9 Å². The molecule has 0 bridgehead atoms. The minimum Gasteiger partial charge on any atom is -0.496 e. The maximum atomic E-state index is 13.9. The van der Waals surface area contributed by atoms with Crippen LogP contribution in [0.3, 0.4) is 0 Å². The van der Waals surface area contributed by atoms with E-state index in [9.17, 15) is 22.8 Å². The summed E-state index contributed by atoms with van der Waals surface area (Å²) < 4.78 is 107. The molecular formula is C46H49N5O8S. The van der Waals surface area contributed by atoms with Gasteiger partial charge in [-0.1, -0.05) is 24.2 Å². The fourth-order valence-electron chi connectivity index (χ4n) is 8.40. The fraction of sp³-hybridized carbons (Fsp3) is 0.326. The minimum absolute atomic E-state index is 0.137. The van der Waals surface area contributed by atoms with Gasteiger partial charge in [0.15, 0.2) is 0 Å². The van der Waals surface area contributed by atoms with Crippen molar-refractivity contribution in [3.8, 4) is 5.75 Å². The molecule has 0 unspecified atom stereocenters. The second kappa shape index (κ2) is 16.8. The number of fused-ring (bicyclic) bond motifs is 2. The first-order valence-corrected chi connectivity index (χ1v) is 21.2. The first kappa shape index (κ1) is 32.6. The number of amides is 3. The highest BCUT2D eigenvalue weighted by Gasteiger charge is 2.30. The first-order valence-electron chi connectivity index (χ1n) is 23.2. The number of ether oxygens (including phenoxy) is 3. The summed E-state index contributed by atoms with van der Waals surface area (Å²) in [7, 11) is -0.0958. The van der Waals surface area contributed by atoms with E-state index >= 15 is 0 Å². The number of aromatic nitrogens is 2. The van der Waals surface area contributed by atoms with E-state index in [0.717, 1.165) is 84.3 Å². The molecule has 6 aromatic rings. The molecular weight excluding hydrogens is 783 g/mol. The standard InChI is InChI=1S/C46H49N5O8S/c1-28-11-5-10-16-42(28)60(55,56)49-44(52)29-17-20-34(41(23-29)57-4)43(37-26-50(2)39-21-18-30(24-35(37)39)47-45(53)58-32-12-6-7-13-32)38-27-51(3)40-22-19-31(25-36(38)40)48-46(54)59-33-14-8-9-15-33/h5,10-11,16-27,32-33,43H,6-9,12-15H2,1-4H3,(H,47,53)(H,48,54)(H,49,52)/i1D3,5D,10D,11D,16D. The average molecular weight is 839 g/mol. The Balaban J connectivity index is 1.23. The van der Waals surface area contributed by atoms with E-state index in [0.29, 0.717) is 16.9 Å². The second-order valence-electron chi connectivity index (χ2n) is 15.3. The monoisotopic (exact) mass is 838 g/mol. The highest BCUT2D eigenvalue weighted by molar-refractivity contribution is 7.90. The molecule has 0 saturated heterocycles. The number of rotatable bonds is 11. The average Bonchev–Trinajstić information content (AvgIpc) is 4.10. The summed E-state index contributed by atoms with van der Waals surface area (Å²) in [5.74, 6) is -1.80. The number of anilines is 2. The Hall–Kier alpha value is -6.28. The van der Waals surface area contributed by atoms with E-state index in [-0.39, 0.29) is 23.5 Å². The molecule has 3 amide bonds. The van der Waals surface area contributed by atoms with Crippen LogP contribution in [-0.2, 0) is 33.6 Å². The van der Waals surface area contributed by atoms with Crippen LogP contribution >= 0.6 is 0 Å². The number of aryl methyl sites for hydroxylation is 2. The van der Waals surface area contributed by atoms with Crippen LogP contribution in [0.1, 0.15) is 99.5 Å². The highest BCUT2D eigenvalue weighted by Crippen LogP contribution is 2.45. The van der Waals surface area contributed by atoms with Gasteiger partial charge in [0.1, 0.15) is 18.0 Å². The summed E-state index contributed by atoms with van der Waals surface area (Å²) >= 11 is 0. The van der Waals surface area contributed by atoms with Gasteiger partial charge in [-0.3, -0.25) is 15.4 Å². The number of hydrogen-bond donors (Lipinski definition) is 3. The first-order chi connectivity index (χ1) is 31.7. The number of hydrogen-bond acceptors (Lipinski definition) is 8. The van der Waals surface area contributed by atoms with E-state index in [1.807, 2.05) is 59.9 Å². The van der Waals surface area contributed by atoms with Crippen LogP contribution in [0.2, 0.25) is 0 Å². The fourth-order valence-corrected chi connectivity index (χ4v) is 9.37. The maximum Gasteiger partial charge on any atom is 0.411 e. The smallest absolute Gasteiger partial charge is 0.411 e. The summed E-state index contributed by atoms with van der Waals surface area (Å²) in [6, 6.07) is 11.1. The molecule has 8 rings (SSSR count). The van der Waals surface area contributed by atoms with Gasteiger partial charge in [0.05, 0.1) is 17.5 Å². The molecule has 3 N–H and O–H groups in total. The molecule has 2 fully saturated rings. The Morgan fingerprint density at radius 1 is 0.750 bits per heavy atom. The molecule has 2 aliphatic carbocycles. The molecule has 312 valence electrons. The summed E-state index contributed by atoms with van der Waals surface area (Å²) in [6.07, 6.45) is 9.61. The molecule has 2 aromatic heterocycles. The number of methoxy groups -OCH3 is 1. The normalized spacial score (nSPS) is 16.7. The van der Waals surface area contributed by atoms with Crippen LogP contribution in [0.4, 0.5) is 21.0 Å². The summed E-state index contributed by atoms with van der Waals surface area (Å²) in [5.41, 5.74) is 3.18. The topological polar surface area (TPSA) is 159 Å². The molecule has 14 heteroatoms. The number of carbonyl (C=O) groups excluding carboxylic acids is 3. The van der Waals surface area contributed by atoms with Crippen molar-refractivity contribution in [1.82, 2.24) is 13.9 Å². The van der Waals surface area contributed by atoms with Gasteiger partial charge in [0.25, 0.3) is 15.9 Å². The van der Waals surface area contributed by atoms with E-state index in [2.05, 4.69) is 10.6 Å². The summed E-state index contributed by atoms with van der Waals surface area (Å²) in [5, 5.41) is 7.24. The van der Waals surface area contributed by atoms with Gasteiger partial charge in [-0.25, -0.2) is 22.7 Å². The van der Waals surface area contributed by atoms with Crippen molar-refractivity contribution in [2.24, 2.45) is 14.1 Å². The molecule has 60 heavy (non-hydrogen) atoms. The van der Waals surface area contributed by atoms with Crippen molar-refractivity contribution in [2.75, 3.05) is 17.7 Å². The van der Waals surface area contributed by atoms with Crippen molar-refractivity contribution in [3.05, 3.63) is 119 Å². The predicted octanol–water partition coefficient (Wildman–Crippen LogP) is 9.27. The third-order valence-corrected chi connectivity index (χ3v) is 12.6. The SMILES string of the molecule is [2H]c1c([2H])c([2H])c(S(=O)(=O)NC(=O)c2ccc(C(c3cn(C)c4ccc(NC(=O)OC5CCCC5)cc34)c3cn(C)c4ccc(NC(=O)OC5CCCC5)cc34)c(OC)c2)c(C([2H])([2H])[2H])c1[2H]. The van der Waals surface area contributed by atoms with Crippen molar-refractivity contribution in [2.45, 2.75) is 81.2 Å². The van der Waals surface area contributed by atoms with E-state index in [1.165, 1.54) is 19.2 Å². The quantitative estimate of drug-likeness (QED) is 0.117. The van der Waals surface area contributed by atoms with Crippen LogP contribution in [-0.4, -0.2) is 55.0 Å². The zero-order valence-corrected chi connectivity index (χ0v) is 34.1. The van der Waals surface area contributed by atoms with Crippen LogP contribution < -0.4 is 20.1 Å². The van der Waals surface area contributed by atoms with Crippen molar-refractivity contribution in [1.29, 1.82) is 0 Å². The van der Waals surface area contributed by atoms with Crippen LogP contribution in [0.25, 0.3) is 21.8 Å². The second-order valence-corrected chi connectivity index (χ2v) is 16.9. The number of carbonyl (C=O) groups is 3. The lowest BCUT2D eigenvalue weighted by atomic mass is 9.83. The lowest BCUT2D eigenvalue weighted by Crippen LogP contribution is -2.31. The van der Waals surface area contributed by atoms with Gasteiger partial charge in [0.2, 0.25) is 0 Å². The predicted molar refractivity (Wildman–Crippen MR) is 230 cm³/mol. The van der Waals surface area contributed by atoms with Gasteiger partial charge >= 0.3 is 12.2 Å². The largest absolute Gasteiger partial charge is 0.496 e. The van der Waals surface area contributed by atoms with Gasteiger partial charge in [0, 0.05) is 80.8 Å². The lowest BCUT2D eigenvalue weighted by Gasteiger charge is -2.21. The van der Waals surface area contributed by atoms with Crippen molar-refractivity contribution >= 4 is 61.3 Å². The number of nitrogens with one attached hydrogen (secondary N) is 3. The Morgan fingerprint density at radius 2 is 1.28 bits per heavy atom. The Bertz CT molecular complexity index is 2950. The van der Waals surface area contributed by atoms with E-state index in [4.69, 9.17) is 23.8 Å². The Kier molecular flexibility index (Phi) is 9.10. The Morgan fingerprint density at radius 3 is 1.80 bits per heavy atom. The molecule has 0 radical (unpaired) electrons. The molecule has 2 heterocycles. The zero-order valence-electron chi connectivity index (χ0n) is 40.3. The molecule has 0 atom stereocenters. The summed E-state index contributed by atoms with van der Waals surface area (Å²) in [6.45, 7) is -3.29. The molecule has 2 aliphatic rings. The lowest BCUT2D eigenvalue weighted by molar-refractivity contribution is 0.0980. The Labute approximate surface area is 358 Å². The van der Waals surface area contributed by atoms with Crippen LogP contribution in [0, 0.1) is 6.85 Å². The van der Waals surface area contributed by atoms with E-state index < -0.39 is 75.5 Å². The maximum absolute atomic E-state index is 13.9. The zero-order chi connectivity index (χ0) is 48.1. The number of nitrogens with zero attached hydrogens (tertiary/aromatic N) is 2. The molecule has 2 saturated carbocycles. The highest BCUT2D eigenvalue weighted by atomic mass is 32.2. The molecule has 4 aromatic carbocycles. The van der Waals surface area contributed by atoms with Gasteiger partial charge in [-0.15, -0.1) is 0 Å². The molecule has 0 spiro atoms. The van der Waals surface area contributed by atoms with Crippen molar-refractivity contribution < 1.29 is 46.6 Å². The summed E-state index contributed by atoms with van der Waals surface area (Å²) in [4.78, 5) is 38.7. The van der Waals surface area contributed by atoms with Crippen LogP contribution in [0.5, 0.6) is 5.75 Å². The number of benzene rings is 4. The van der Waals surface area contributed by atoms with Crippen LogP contribution in [0.15, 0.2) is 96.1 Å². The third kappa shape index (κ3) is 8.29.